The van der Waals surface area contributed by atoms with Crippen LogP contribution in [0.3, 0.4) is 0 Å². The van der Waals surface area contributed by atoms with E-state index >= 15 is 0 Å². The van der Waals surface area contributed by atoms with Crippen LogP contribution < -0.4 is 4.74 Å². The third kappa shape index (κ3) is 4.52. The number of hydrogen-bond acceptors (Lipinski definition) is 3. The number of hydrogen-bond donors (Lipinski definition) is 0. The number of terminal acetylenes is 1. The van der Waals surface area contributed by atoms with Crippen molar-refractivity contribution in [3.05, 3.63) is 88.7 Å². The van der Waals surface area contributed by atoms with E-state index in [9.17, 15) is 0 Å². The normalized spacial score (nSPS) is 10.9. The second kappa shape index (κ2) is 9.16. The number of aromatic nitrogens is 2. The lowest BCUT2D eigenvalue weighted by atomic mass is 9.99. The molecular formula is C27H24N2OS. The van der Waals surface area contributed by atoms with Gasteiger partial charge in [-0.05, 0) is 47.5 Å². The van der Waals surface area contributed by atoms with E-state index in [0.29, 0.717) is 17.2 Å². The maximum Gasteiger partial charge on any atom is 0.200 e. The molecule has 4 aromatic rings. The zero-order valence-electron chi connectivity index (χ0n) is 17.7. The van der Waals surface area contributed by atoms with Crippen LogP contribution in [0.1, 0.15) is 30.9 Å². The first-order chi connectivity index (χ1) is 15.1. The minimum atomic E-state index is 0.223. The van der Waals surface area contributed by atoms with Crippen molar-refractivity contribution in [3.8, 4) is 29.4 Å². The highest BCUT2D eigenvalue weighted by atomic mass is 32.1. The van der Waals surface area contributed by atoms with Crippen LogP contribution in [0.2, 0.25) is 0 Å². The van der Waals surface area contributed by atoms with E-state index in [0.717, 1.165) is 27.9 Å². The van der Waals surface area contributed by atoms with Crippen LogP contribution in [-0.4, -0.2) is 16.2 Å². The van der Waals surface area contributed by atoms with Gasteiger partial charge in [0.05, 0.1) is 17.8 Å². The van der Waals surface area contributed by atoms with E-state index in [2.05, 4.69) is 60.7 Å². The SMILES string of the molecule is C#CCOc1ccc2c(c1)c(-c1ccc(C(C)C)cc1)nc(=S)n2Cc1ccccc1. The van der Waals surface area contributed by atoms with Crippen molar-refractivity contribution in [1.82, 2.24) is 9.55 Å². The van der Waals surface area contributed by atoms with Crippen LogP contribution in [0.25, 0.3) is 22.2 Å². The van der Waals surface area contributed by atoms with Gasteiger partial charge in [-0.3, -0.25) is 0 Å². The summed E-state index contributed by atoms with van der Waals surface area (Å²) in [4.78, 5) is 4.85. The Morgan fingerprint density at radius 2 is 1.77 bits per heavy atom. The van der Waals surface area contributed by atoms with Gasteiger partial charge in [-0.15, -0.1) is 6.42 Å². The van der Waals surface area contributed by atoms with Gasteiger partial charge in [0.2, 0.25) is 4.77 Å². The number of benzene rings is 3. The minimum absolute atomic E-state index is 0.223. The van der Waals surface area contributed by atoms with Gasteiger partial charge >= 0.3 is 0 Å². The Kier molecular flexibility index (Phi) is 6.16. The molecule has 0 amide bonds. The lowest BCUT2D eigenvalue weighted by Crippen LogP contribution is -2.07. The third-order valence-corrected chi connectivity index (χ3v) is 5.62. The first-order valence-corrected chi connectivity index (χ1v) is 10.7. The highest BCUT2D eigenvalue weighted by molar-refractivity contribution is 7.71. The molecule has 0 radical (unpaired) electrons. The average molecular weight is 425 g/mol. The molecule has 154 valence electrons. The maximum atomic E-state index is 5.73. The van der Waals surface area contributed by atoms with Crippen LogP contribution in [-0.2, 0) is 6.54 Å². The van der Waals surface area contributed by atoms with Gasteiger partial charge in [0.15, 0.2) is 0 Å². The van der Waals surface area contributed by atoms with E-state index < -0.39 is 0 Å². The Morgan fingerprint density at radius 3 is 2.45 bits per heavy atom. The molecule has 4 rings (SSSR count). The number of fused-ring (bicyclic) bond motifs is 1. The number of nitrogens with zero attached hydrogens (tertiary/aromatic N) is 2. The topological polar surface area (TPSA) is 27.1 Å². The fourth-order valence-electron chi connectivity index (χ4n) is 3.64. The van der Waals surface area contributed by atoms with Crippen molar-refractivity contribution in [2.45, 2.75) is 26.3 Å². The molecule has 0 aliphatic rings. The Labute approximate surface area is 188 Å². The van der Waals surface area contributed by atoms with Crippen LogP contribution in [0, 0.1) is 17.1 Å². The summed E-state index contributed by atoms with van der Waals surface area (Å²) in [5.74, 6) is 3.71. The Bertz CT molecular complexity index is 1300. The van der Waals surface area contributed by atoms with Crippen LogP contribution >= 0.6 is 12.2 Å². The Morgan fingerprint density at radius 1 is 1.03 bits per heavy atom. The first-order valence-electron chi connectivity index (χ1n) is 10.3. The van der Waals surface area contributed by atoms with Crippen molar-refractivity contribution >= 4 is 23.1 Å². The molecule has 0 bridgehead atoms. The molecule has 3 aromatic carbocycles. The molecule has 0 aliphatic heterocycles. The summed E-state index contributed by atoms with van der Waals surface area (Å²) in [6.45, 7) is 5.25. The molecule has 0 aliphatic carbocycles. The van der Waals surface area contributed by atoms with E-state index in [-0.39, 0.29) is 6.61 Å². The summed E-state index contributed by atoms with van der Waals surface area (Å²) < 4.78 is 8.31. The largest absolute Gasteiger partial charge is 0.481 e. The fraction of sp³-hybridized carbons (Fsp3) is 0.185. The molecule has 0 unspecified atom stereocenters. The third-order valence-electron chi connectivity index (χ3n) is 5.31. The standard InChI is InChI=1S/C27H24N2OS/c1-4-16-30-23-14-15-25-24(17-23)26(22-12-10-21(11-13-22)19(2)3)28-27(31)29(25)18-20-8-6-5-7-9-20/h1,5-15,17,19H,16,18H2,2-3H3. The molecule has 0 fully saturated rings. The molecule has 0 saturated carbocycles. The van der Waals surface area contributed by atoms with E-state index in [1.165, 1.54) is 11.1 Å². The van der Waals surface area contributed by atoms with E-state index in [4.69, 9.17) is 28.4 Å². The molecule has 0 spiro atoms. The highest BCUT2D eigenvalue weighted by Gasteiger charge is 2.13. The summed E-state index contributed by atoms with van der Waals surface area (Å²) >= 11 is 5.73. The predicted molar refractivity (Wildman–Crippen MR) is 130 cm³/mol. The summed E-state index contributed by atoms with van der Waals surface area (Å²) in [7, 11) is 0. The van der Waals surface area contributed by atoms with Crippen molar-refractivity contribution < 1.29 is 4.74 Å². The molecule has 0 saturated heterocycles. The van der Waals surface area contributed by atoms with Crippen molar-refractivity contribution in [1.29, 1.82) is 0 Å². The van der Waals surface area contributed by atoms with Gasteiger partial charge in [0.25, 0.3) is 0 Å². The summed E-state index contributed by atoms with van der Waals surface area (Å²) in [6.07, 6.45) is 5.37. The Hall–Kier alpha value is -3.42. The lowest BCUT2D eigenvalue weighted by Gasteiger charge is -2.16. The molecule has 1 aromatic heterocycles. The highest BCUT2D eigenvalue weighted by Crippen LogP contribution is 2.31. The molecule has 1 heterocycles. The van der Waals surface area contributed by atoms with Crippen LogP contribution in [0.5, 0.6) is 5.75 Å². The quantitative estimate of drug-likeness (QED) is 0.257. The summed E-state index contributed by atoms with van der Waals surface area (Å²) in [6, 6.07) is 24.8. The lowest BCUT2D eigenvalue weighted by molar-refractivity contribution is 0.371. The Balaban J connectivity index is 1.89. The second-order valence-corrected chi connectivity index (χ2v) is 8.13. The summed E-state index contributed by atoms with van der Waals surface area (Å²) in [5, 5.41) is 0.983. The van der Waals surface area contributed by atoms with E-state index in [1.807, 2.05) is 36.4 Å². The molecule has 4 heteroatoms. The zero-order valence-corrected chi connectivity index (χ0v) is 18.5. The van der Waals surface area contributed by atoms with Crippen LogP contribution in [0.15, 0.2) is 72.8 Å². The van der Waals surface area contributed by atoms with Gasteiger partial charge < -0.3 is 9.30 Å². The van der Waals surface area contributed by atoms with Gasteiger partial charge in [-0.2, -0.15) is 0 Å². The fourth-order valence-corrected chi connectivity index (χ4v) is 3.89. The van der Waals surface area contributed by atoms with Gasteiger partial charge in [-0.1, -0.05) is 74.4 Å². The number of ether oxygens (including phenoxy) is 1. The molecule has 31 heavy (non-hydrogen) atoms. The van der Waals surface area contributed by atoms with Gasteiger partial charge in [-0.25, -0.2) is 4.98 Å². The molecular weight excluding hydrogens is 400 g/mol. The van der Waals surface area contributed by atoms with Crippen molar-refractivity contribution in [2.75, 3.05) is 6.61 Å². The van der Waals surface area contributed by atoms with Crippen molar-refractivity contribution in [3.63, 3.8) is 0 Å². The predicted octanol–water partition coefficient (Wildman–Crippen LogP) is 6.62. The van der Waals surface area contributed by atoms with Gasteiger partial charge in [0.1, 0.15) is 12.4 Å². The second-order valence-electron chi connectivity index (χ2n) is 7.76. The monoisotopic (exact) mass is 424 g/mol. The van der Waals surface area contributed by atoms with E-state index in [1.54, 1.807) is 0 Å². The minimum Gasteiger partial charge on any atom is -0.481 e. The molecule has 3 nitrogen and oxygen atoms in total. The first kappa shape index (κ1) is 20.8. The molecule has 0 atom stereocenters. The maximum absolute atomic E-state index is 5.73. The zero-order chi connectivity index (χ0) is 21.8. The summed E-state index contributed by atoms with van der Waals surface area (Å²) in [5.41, 5.74) is 5.36. The smallest absolute Gasteiger partial charge is 0.200 e. The van der Waals surface area contributed by atoms with Gasteiger partial charge in [0, 0.05) is 10.9 Å². The number of rotatable bonds is 6. The molecule has 0 N–H and O–H groups in total. The van der Waals surface area contributed by atoms with Crippen LogP contribution in [0.4, 0.5) is 0 Å². The van der Waals surface area contributed by atoms with Crippen molar-refractivity contribution in [2.24, 2.45) is 0 Å². The average Bonchev–Trinajstić information content (AvgIpc) is 2.80.